The largest absolute Gasteiger partial charge is 0.494 e. The molecule has 0 heterocycles. The summed E-state index contributed by atoms with van der Waals surface area (Å²) in [7, 11) is 0. The van der Waals surface area contributed by atoms with E-state index < -0.39 is 0 Å². The first-order valence-electron chi connectivity index (χ1n) is 10.4. The fraction of sp³-hybridized carbons (Fsp3) is 0.259. The molecule has 0 aliphatic carbocycles. The van der Waals surface area contributed by atoms with E-state index in [0.29, 0.717) is 0 Å². The van der Waals surface area contributed by atoms with Crippen molar-refractivity contribution in [3.8, 4) is 5.75 Å². The Labute approximate surface area is 183 Å². The molecule has 0 amide bonds. The van der Waals surface area contributed by atoms with Crippen LogP contribution in [0.3, 0.4) is 0 Å². The van der Waals surface area contributed by atoms with Crippen molar-refractivity contribution in [3.63, 3.8) is 0 Å². The number of ether oxygens (including phenoxy) is 1. The number of benzene rings is 3. The van der Waals surface area contributed by atoms with Crippen LogP contribution in [0.1, 0.15) is 42.4 Å². The van der Waals surface area contributed by atoms with E-state index in [2.05, 4.69) is 107 Å². The molecule has 1 nitrogen and oxygen atoms in total. The summed E-state index contributed by atoms with van der Waals surface area (Å²) in [6.45, 7) is 0.796. The van der Waals surface area contributed by atoms with E-state index in [1.165, 1.54) is 35.1 Å². The third kappa shape index (κ3) is 7.55. The number of unbranched alkanes of at least 4 members (excludes halogenated alkanes) is 2. The summed E-state index contributed by atoms with van der Waals surface area (Å²) in [5, 5.41) is 1.07. The Morgan fingerprint density at radius 3 is 2.14 bits per heavy atom. The third-order valence-electron chi connectivity index (χ3n) is 4.94. The van der Waals surface area contributed by atoms with Crippen LogP contribution in [0.25, 0.3) is 11.6 Å². The Hall–Kier alpha value is -2.32. The number of hydrogen-bond donors (Lipinski definition) is 0. The Bertz CT molecular complexity index is 854. The number of aryl methyl sites for hydroxylation is 1. The lowest BCUT2D eigenvalue weighted by molar-refractivity contribution is 0.306. The summed E-state index contributed by atoms with van der Waals surface area (Å²) < 4.78 is 5.85. The quantitative estimate of drug-likeness (QED) is 0.165. The van der Waals surface area contributed by atoms with Crippen LogP contribution in [0.15, 0.2) is 84.9 Å². The lowest BCUT2D eigenvalue weighted by Gasteiger charge is -2.10. The van der Waals surface area contributed by atoms with Crippen LogP contribution in [-0.2, 0) is 6.42 Å². The van der Waals surface area contributed by atoms with E-state index in [0.717, 1.165) is 36.9 Å². The van der Waals surface area contributed by atoms with E-state index in [9.17, 15) is 0 Å². The fourth-order valence-corrected chi connectivity index (χ4v) is 3.69. The summed E-state index contributed by atoms with van der Waals surface area (Å²) in [6, 6.07) is 29.8. The molecule has 3 aromatic carbocycles. The van der Waals surface area contributed by atoms with E-state index in [1.807, 2.05) is 0 Å². The number of hydrogen-bond acceptors (Lipinski definition) is 1. The third-order valence-corrected chi connectivity index (χ3v) is 5.50. The zero-order valence-electron chi connectivity index (χ0n) is 16.9. The molecule has 0 spiro atoms. The minimum atomic E-state index is 0.796. The maximum absolute atomic E-state index is 5.85. The molecule has 150 valence electrons. The first-order chi connectivity index (χ1) is 14.3. The topological polar surface area (TPSA) is 9.23 Å². The fourth-order valence-electron chi connectivity index (χ4n) is 3.30. The van der Waals surface area contributed by atoms with Gasteiger partial charge in [0.1, 0.15) is 5.75 Å². The van der Waals surface area contributed by atoms with Crippen LogP contribution in [-0.4, -0.2) is 11.9 Å². The van der Waals surface area contributed by atoms with Gasteiger partial charge < -0.3 is 4.74 Å². The van der Waals surface area contributed by atoms with Gasteiger partial charge >= 0.3 is 0 Å². The molecule has 0 saturated carbocycles. The Morgan fingerprint density at radius 2 is 1.45 bits per heavy atom. The van der Waals surface area contributed by atoms with Crippen molar-refractivity contribution in [2.24, 2.45) is 0 Å². The highest BCUT2D eigenvalue weighted by Crippen LogP contribution is 2.24. The normalized spacial score (nSPS) is 11.4. The van der Waals surface area contributed by atoms with Gasteiger partial charge in [-0.05, 0) is 66.5 Å². The van der Waals surface area contributed by atoms with E-state index in [-0.39, 0.29) is 0 Å². The smallest absolute Gasteiger partial charge is 0.119 e. The predicted molar refractivity (Wildman–Crippen MR) is 129 cm³/mol. The van der Waals surface area contributed by atoms with Crippen LogP contribution in [0, 0.1) is 0 Å². The van der Waals surface area contributed by atoms with E-state index >= 15 is 0 Å². The Kier molecular flexibility index (Phi) is 9.06. The summed E-state index contributed by atoms with van der Waals surface area (Å²) in [6.07, 6.45) is 7.85. The molecule has 0 aliphatic heterocycles. The minimum absolute atomic E-state index is 0.796. The van der Waals surface area contributed by atoms with Crippen LogP contribution in [0.4, 0.5) is 0 Å². The van der Waals surface area contributed by atoms with Crippen molar-refractivity contribution < 1.29 is 4.74 Å². The van der Waals surface area contributed by atoms with E-state index in [4.69, 9.17) is 4.74 Å². The van der Waals surface area contributed by atoms with Gasteiger partial charge in [-0.1, -0.05) is 94.8 Å². The molecule has 0 saturated heterocycles. The van der Waals surface area contributed by atoms with Gasteiger partial charge in [0.05, 0.1) is 6.61 Å². The molecule has 0 N–H and O–H groups in total. The maximum Gasteiger partial charge on any atom is 0.119 e. The standard InChI is InChI=1S/C27H29BrO/c28-20-8-3-9-21-29-27-18-15-23(16-19-27)14-17-26(25-12-6-2-7-13-25)22-24-10-4-1-5-11-24/h1-2,4-7,10-13,15-16,18-19,22H,3,8-9,14,17,20-21H2/b26-22+. The molecular formula is C27H29BrO. The predicted octanol–water partition coefficient (Wildman–Crippen LogP) is 7.80. The molecule has 0 fully saturated rings. The number of alkyl halides is 1. The van der Waals surface area contributed by atoms with Crippen LogP contribution >= 0.6 is 15.9 Å². The number of rotatable bonds is 11. The highest BCUT2D eigenvalue weighted by Gasteiger charge is 2.04. The average molecular weight is 449 g/mol. The molecule has 0 atom stereocenters. The van der Waals surface area contributed by atoms with Crippen LogP contribution in [0.5, 0.6) is 5.75 Å². The summed E-state index contributed by atoms with van der Waals surface area (Å²) in [5.41, 5.74) is 5.24. The van der Waals surface area contributed by atoms with Crippen LogP contribution in [0.2, 0.25) is 0 Å². The first kappa shape index (κ1) is 21.4. The molecular weight excluding hydrogens is 420 g/mol. The lowest BCUT2D eigenvalue weighted by Crippen LogP contribution is -1.97. The lowest BCUT2D eigenvalue weighted by atomic mass is 9.96. The molecule has 3 aromatic rings. The highest BCUT2D eigenvalue weighted by molar-refractivity contribution is 9.09. The summed E-state index contributed by atoms with van der Waals surface area (Å²) in [5.74, 6) is 0.968. The van der Waals surface area contributed by atoms with Crippen LogP contribution < -0.4 is 4.74 Å². The Morgan fingerprint density at radius 1 is 0.759 bits per heavy atom. The summed E-state index contributed by atoms with van der Waals surface area (Å²) >= 11 is 3.47. The second-order valence-electron chi connectivity index (χ2n) is 7.19. The van der Waals surface area contributed by atoms with Crippen molar-refractivity contribution in [2.45, 2.75) is 32.1 Å². The zero-order valence-corrected chi connectivity index (χ0v) is 18.5. The molecule has 0 bridgehead atoms. The van der Waals surface area contributed by atoms with Crippen molar-refractivity contribution in [3.05, 3.63) is 102 Å². The minimum Gasteiger partial charge on any atom is -0.494 e. The van der Waals surface area contributed by atoms with Gasteiger partial charge in [-0.15, -0.1) is 0 Å². The molecule has 0 aromatic heterocycles. The second kappa shape index (κ2) is 12.3. The molecule has 0 radical (unpaired) electrons. The van der Waals surface area contributed by atoms with Crippen molar-refractivity contribution >= 4 is 27.6 Å². The monoisotopic (exact) mass is 448 g/mol. The highest BCUT2D eigenvalue weighted by atomic mass is 79.9. The maximum atomic E-state index is 5.85. The van der Waals surface area contributed by atoms with Gasteiger partial charge in [-0.2, -0.15) is 0 Å². The molecule has 2 heteroatoms. The van der Waals surface area contributed by atoms with Crippen molar-refractivity contribution in [2.75, 3.05) is 11.9 Å². The van der Waals surface area contributed by atoms with Crippen molar-refractivity contribution in [1.82, 2.24) is 0 Å². The molecule has 3 rings (SSSR count). The van der Waals surface area contributed by atoms with Gasteiger partial charge in [0.2, 0.25) is 0 Å². The number of halogens is 1. The zero-order chi connectivity index (χ0) is 20.2. The molecule has 0 aliphatic rings. The SMILES string of the molecule is BrCCCCCOc1ccc(CC/C(=C\c2ccccc2)c2ccccc2)cc1. The van der Waals surface area contributed by atoms with Crippen molar-refractivity contribution in [1.29, 1.82) is 0 Å². The van der Waals surface area contributed by atoms with Gasteiger partial charge in [0.15, 0.2) is 0 Å². The number of allylic oxidation sites excluding steroid dienone is 1. The van der Waals surface area contributed by atoms with Gasteiger partial charge in [0.25, 0.3) is 0 Å². The first-order valence-corrected chi connectivity index (χ1v) is 11.6. The van der Waals surface area contributed by atoms with Gasteiger partial charge in [0, 0.05) is 5.33 Å². The van der Waals surface area contributed by atoms with E-state index in [1.54, 1.807) is 0 Å². The van der Waals surface area contributed by atoms with Gasteiger partial charge in [-0.25, -0.2) is 0 Å². The molecule has 0 unspecified atom stereocenters. The Balaban J connectivity index is 1.60. The average Bonchev–Trinajstić information content (AvgIpc) is 2.78. The van der Waals surface area contributed by atoms with Gasteiger partial charge in [-0.3, -0.25) is 0 Å². The second-order valence-corrected chi connectivity index (χ2v) is 7.98. The molecule has 29 heavy (non-hydrogen) atoms. The summed E-state index contributed by atoms with van der Waals surface area (Å²) in [4.78, 5) is 0.